The lowest BCUT2D eigenvalue weighted by atomic mass is 10.1. The molecule has 31 heavy (non-hydrogen) atoms. The van der Waals surface area contributed by atoms with Gasteiger partial charge in [-0.3, -0.25) is 14.7 Å². The van der Waals surface area contributed by atoms with Crippen molar-refractivity contribution in [3.8, 4) is 22.9 Å². The summed E-state index contributed by atoms with van der Waals surface area (Å²) >= 11 is 7.23. The van der Waals surface area contributed by atoms with Crippen molar-refractivity contribution >= 4 is 23.4 Å². The summed E-state index contributed by atoms with van der Waals surface area (Å²) in [4.78, 5) is 11.1. The maximum atomic E-state index is 11.5. The highest BCUT2D eigenvalue weighted by Crippen LogP contribution is 2.44. The van der Waals surface area contributed by atoms with Gasteiger partial charge >= 0.3 is 0 Å². The van der Waals surface area contributed by atoms with E-state index in [1.807, 2.05) is 23.6 Å². The molecule has 0 spiro atoms. The zero-order valence-corrected chi connectivity index (χ0v) is 18.9. The van der Waals surface area contributed by atoms with E-state index in [0.29, 0.717) is 38.8 Å². The van der Waals surface area contributed by atoms with E-state index in [4.69, 9.17) is 25.8 Å². The number of halogens is 1. The fourth-order valence-corrected chi connectivity index (χ4v) is 4.35. The highest BCUT2D eigenvalue weighted by Gasteiger charge is 2.26. The molecule has 164 valence electrons. The van der Waals surface area contributed by atoms with Crippen LogP contribution in [0.1, 0.15) is 16.6 Å². The Morgan fingerprint density at radius 3 is 2.23 bits per heavy atom. The van der Waals surface area contributed by atoms with Gasteiger partial charge in [-0.05, 0) is 48.9 Å². The quantitative estimate of drug-likeness (QED) is 0.261. The number of nitrogens with zero attached hydrogens (tertiary/aromatic N) is 4. The third-order valence-corrected chi connectivity index (χ3v) is 5.93. The number of rotatable bonds is 9. The first-order valence-electron chi connectivity index (χ1n) is 9.14. The first-order chi connectivity index (χ1) is 14.9. The third-order valence-electron chi connectivity index (χ3n) is 4.50. The molecule has 11 heteroatoms. The summed E-state index contributed by atoms with van der Waals surface area (Å²) in [5.74, 6) is 1.90. The molecule has 0 fully saturated rings. The Bertz CT molecular complexity index is 1050. The lowest BCUT2D eigenvalue weighted by Crippen LogP contribution is -2.12. The second-order valence-corrected chi connectivity index (χ2v) is 8.03. The number of nitro groups is 1. The summed E-state index contributed by atoms with van der Waals surface area (Å²) in [6.45, 7) is 1.48. The van der Waals surface area contributed by atoms with Gasteiger partial charge in [0.15, 0.2) is 16.7 Å². The van der Waals surface area contributed by atoms with E-state index in [1.165, 1.54) is 33.1 Å². The molecule has 0 aliphatic carbocycles. The number of thioether (sulfide) groups is 1. The van der Waals surface area contributed by atoms with Gasteiger partial charge in [-0.2, -0.15) is 0 Å². The number of aryl methyl sites for hydroxylation is 1. The molecular weight excluding hydrogens is 444 g/mol. The summed E-state index contributed by atoms with van der Waals surface area (Å²) in [7, 11) is 4.50. The van der Waals surface area contributed by atoms with E-state index in [1.54, 1.807) is 24.3 Å². The van der Waals surface area contributed by atoms with Crippen molar-refractivity contribution < 1.29 is 19.1 Å². The maximum absolute atomic E-state index is 11.5. The molecule has 1 aromatic heterocycles. The molecule has 9 nitrogen and oxygen atoms in total. The van der Waals surface area contributed by atoms with Gasteiger partial charge in [0.25, 0.3) is 0 Å². The van der Waals surface area contributed by atoms with E-state index in [-0.39, 0.29) is 11.5 Å². The Kier molecular flexibility index (Phi) is 7.24. The molecule has 0 N–H and O–H groups in total. The SMILES string of the molecule is COc1cc([C@H](C[N+](=O)[O-])Sc2nnc(C)n2-c2ccc(Cl)cc2)cc(OC)c1OC. The second kappa shape index (κ2) is 9.88. The summed E-state index contributed by atoms with van der Waals surface area (Å²) < 4.78 is 18.0. The lowest BCUT2D eigenvalue weighted by molar-refractivity contribution is -0.479. The number of methoxy groups -OCH3 is 3. The zero-order valence-electron chi connectivity index (χ0n) is 17.4. The normalized spacial score (nSPS) is 11.8. The molecule has 0 unspecified atom stereocenters. The van der Waals surface area contributed by atoms with Crippen LogP contribution in [0.5, 0.6) is 17.2 Å². The Morgan fingerprint density at radius 1 is 1.10 bits per heavy atom. The Hall–Kier alpha value is -2.98. The van der Waals surface area contributed by atoms with Crippen LogP contribution >= 0.6 is 23.4 Å². The van der Waals surface area contributed by atoms with E-state index < -0.39 is 5.25 Å². The largest absolute Gasteiger partial charge is 0.493 e. The first-order valence-corrected chi connectivity index (χ1v) is 10.4. The van der Waals surface area contributed by atoms with Gasteiger partial charge in [-0.1, -0.05) is 23.4 Å². The van der Waals surface area contributed by atoms with Crippen molar-refractivity contribution in [3.63, 3.8) is 0 Å². The smallest absolute Gasteiger partial charge is 0.220 e. The molecule has 0 aliphatic rings. The number of hydrogen-bond acceptors (Lipinski definition) is 8. The predicted molar refractivity (Wildman–Crippen MR) is 118 cm³/mol. The van der Waals surface area contributed by atoms with Crippen molar-refractivity contribution in [2.45, 2.75) is 17.3 Å². The molecular formula is C20H21ClN4O5S. The predicted octanol–water partition coefficient (Wildman–Crippen LogP) is 4.37. The monoisotopic (exact) mass is 464 g/mol. The van der Waals surface area contributed by atoms with Crippen LogP contribution in [0.3, 0.4) is 0 Å². The number of hydrogen-bond donors (Lipinski definition) is 0. The van der Waals surface area contributed by atoms with Crippen LogP contribution in [0.4, 0.5) is 0 Å². The van der Waals surface area contributed by atoms with E-state index in [2.05, 4.69) is 10.2 Å². The minimum absolute atomic E-state index is 0.337. The van der Waals surface area contributed by atoms with Crippen molar-refractivity contribution in [2.75, 3.05) is 27.9 Å². The highest BCUT2D eigenvalue weighted by atomic mass is 35.5. The van der Waals surface area contributed by atoms with Crippen LogP contribution in [0, 0.1) is 17.0 Å². The van der Waals surface area contributed by atoms with E-state index >= 15 is 0 Å². The molecule has 1 heterocycles. The minimum atomic E-state index is -0.585. The van der Waals surface area contributed by atoms with Crippen LogP contribution < -0.4 is 14.2 Å². The lowest BCUT2D eigenvalue weighted by Gasteiger charge is -2.18. The van der Waals surface area contributed by atoms with Crippen LogP contribution in [0.15, 0.2) is 41.6 Å². The van der Waals surface area contributed by atoms with Crippen molar-refractivity contribution in [1.82, 2.24) is 14.8 Å². The average molecular weight is 465 g/mol. The van der Waals surface area contributed by atoms with Gasteiger partial charge in [0.2, 0.25) is 12.3 Å². The molecule has 0 bridgehead atoms. The third kappa shape index (κ3) is 5.02. The standard InChI is InChI=1S/C20H21ClN4O5S/c1-12-22-23-20(25(12)15-7-5-14(21)6-8-15)31-18(11-24(26)27)13-9-16(28-2)19(30-4)17(10-13)29-3/h5-10,18H,11H2,1-4H3/t18-/m0/s1. The number of benzene rings is 2. The van der Waals surface area contributed by atoms with Crippen LogP contribution in [0.25, 0.3) is 5.69 Å². The van der Waals surface area contributed by atoms with Gasteiger partial charge in [0, 0.05) is 15.6 Å². The second-order valence-electron chi connectivity index (χ2n) is 6.42. The molecule has 3 rings (SSSR count). The molecule has 0 amide bonds. The summed E-state index contributed by atoms with van der Waals surface area (Å²) in [5.41, 5.74) is 1.44. The highest BCUT2D eigenvalue weighted by molar-refractivity contribution is 7.99. The molecule has 0 saturated carbocycles. The van der Waals surface area contributed by atoms with Crippen LogP contribution in [0.2, 0.25) is 5.02 Å². The molecule has 0 saturated heterocycles. The topological polar surface area (TPSA) is 102 Å². The molecule has 0 radical (unpaired) electrons. The number of ether oxygens (including phenoxy) is 3. The summed E-state index contributed by atoms with van der Waals surface area (Å²) in [6.07, 6.45) is 0. The summed E-state index contributed by atoms with van der Waals surface area (Å²) in [6, 6.07) is 10.6. The van der Waals surface area contributed by atoms with Crippen molar-refractivity contribution in [3.05, 3.63) is 62.9 Å². The Morgan fingerprint density at radius 2 is 1.71 bits per heavy atom. The zero-order chi connectivity index (χ0) is 22.5. The van der Waals surface area contributed by atoms with Crippen molar-refractivity contribution in [1.29, 1.82) is 0 Å². The first kappa shape index (κ1) is 22.7. The van der Waals surface area contributed by atoms with Crippen LogP contribution in [-0.2, 0) is 0 Å². The maximum Gasteiger partial charge on any atom is 0.220 e. The molecule has 2 aromatic carbocycles. The van der Waals surface area contributed by atoms with E-state index in [0.717, 1.165) is 5.69 Å². The summed E-state index contributed by atoms with van der Waals surface area (Å²) in [5, 5.41) is 20.4. The van der Waals surface area contributed by atoms with Gasteiger partial charge < -0.3 is 14.2 Å². The fourth-order valence-electron chi connectivity index (χ4n) is 3.07. The van der Waals surface area contributed by atoms with Gasteiger partial charge in [-0.15, -0.1) is 10.2 Å². The van der Waals surface area contributed by atoms with Crippen LogP contribution in [-0.4, -0.2) is 47.6 Å². The van der Waals surface area contributed by atoms with Gasteiger partial charge in [0.05, 0.1) is 21.3 Å². The molecule has 3 aromatic rings. The van der Waals surface area contributed by atoms with Gasteiger partial charge in [0.1, 0.15) is 11.1 Å². The van der Waals surface area contributed by atoms with Crippen molar-refractivity contribution in [2.24, 2.45) is 0 Å². The van der Waals surface area contributed by atoms with Gasteiger partial charge in [-0.25, -0.2) is 0 Å². The average Bonchev–Trinajstić information content (AvgIpc) is 3.12. The number of aromatic nitrogens is 3. The Balaban J connectivity index is 2.05. The molecule has 0 aliphatic heterocycles. The fraction of sp³-hybridized carbons (Fsp3) is 0.300. The van der Waals surface area contributed by atoms with E-state index in [9.17, 15) is 10.1 Å². The Labute approximate surface area is 188 Å². The molecule has 1 atom stereocenters. The minimum Gasteiger partial charge on any atom is -0.493 e.